The van der Waals surface area contributed by atoms with E-state index in [1.165, 1.54) is 0 Å². The van der Waals surface area contributed by atoms with E-state index in [0.29, 0.717) is 34.7 Å². The minimum absolute atomic E-state index is 0.442. The predicted octanol–water partition coefficient (Wildman–Crippen LogP) is 5.18. The zero-order valence-electron chi connectivity index (χ0n) is 12.2. The summed E-state index contributed by atoms with van der Waals surface area (Å²) >= 11 is 11.9. The van der Waals surface area contributed by atoms with E-state index in [-0.39, 0.29) is 0 Å². The molecule has 0 aromatic heterocycles. The fourth-order valence-corrected chi connectivity index (χ4v) is 2.20. The zero-order chi connectivity index (χ0) is 15.9. The van der Waals surface area contributed by atoms with E-state index < -0.39 is 0 Å². The largest absolute Gasteiger partial charge is 0.493 e. The summed E-state index contributed by atoms with van der Waals surface area (Å²) in [5.74, 6) is 1.39. The number of rotatable bonds is 7. The summed E-state index contributed by atoms with van der Waals surface area (Å²) in [6.45, 7) is 4.71. The minimum atomic E-state index is 0.442. The fourth-order valence-electron chi connectivity index (χ4n) is 1.90. The molecular formula is C17H17Cl2NO2. The van der Waals surface area contributed by atoms with Crippen molar-refractivity contribution in [1.82, 2.24) is 0 Å². The summed E-state index contributed by atoms with van der Waals surface area (Å²) in [4.78, 5) is 0. The molecule has 0 saturated heterocycles. The van der Waals surface area contributed by atoms with Crippen LogP contribution in [0.1, 0.15) is 5.56 Å². The lowest BCUT2D eigenvalue weighted by Crippen LogP contribution is -2.01. The molecule has 0 saturated carbocycles. The van der Waals surface area contributed by atoms with Gasteiger partial charge in [-0.2, -0.15) is 0 Å². The van der Waals surface area contributed by atoms with Crippen molar-refractivity contribution >= 4 is 28.9 Å². The van der Waals surface area contributed by atoms with Gasteiger partial charge in [-0.15, -0.1) is 0 Å². The molecule has 2 rings (SSSR count). The summed E-state index contributed by atoms with van der Waals surface area (Å²) in [5.41, 5.74) is 1.97. The van der Waals surface area contributed by atoms with E-state index in [0.717, 1.165) is 11.3 Å². The Morgan fingerprint density at radius 1 is 1.09 bits per heavy atom. The van der Waals surface area contributed by atoms with Gasteiger partial charge < -0.3 is 14.8 Å². The number of benzene rings is 2. The van der Waals surface area contributed by atoms with Crippen LogP contribution in [0.25, 0.3) is 0 Å². The fraction of sp³-hybridized carbons (Fsp3) is 0.176. The molecule has 0 heterocycles. The first kappa shape index (κ1) is 16.5. The van der Waals surface area contributed by atoms with E-state index in [4.69, 9.17) is 32.7 Å². The molecule has 0 aliphatic carbocycles. The molecule has 1 N–H and O–H groups in total. The van der Waals surface area contributed by atoms with Crippen LogP contribution in [-0.2, 0) is 6.54 Å². The van der Waals surface area contributed by atoms with E-state index in [1.807, 2.05) is 24.3 Å². The Hall–Kier alpha value is -1.84. The van der Waals surface area contributed by atoms with Crippen LogP contribution < -0.4 is 14.8 Å². The van der Waals surface area contributed by atoms with Crippen molar-refractivity contribution in [3.05, 3.63) is 64.7 Å². The number of methoxy groups -OCH3 is 1. The maximum absolute atomic E-state index is 6.00. The smallest absolute Gasteiger partial charge is 0.161 e. The maximum atomic E-state index is 6.00. The molecule has 0 bridgehead atoms. The normalized spacial score (nSPS) is 10.1. The molecule has 0 aliphatic rings. The average Bonchev–Trinajstić information content (AvgIpc) is 2.54. The Labute approximate surface area is 140 Å². The topological polar surface area (TPSA) is 30.5 Å². The Bertz CT molecular complexity index is 659. The molecule has 0 fully saturated rings. The molecule has 0 aliphatic heterocycles. The lowest BCUT2D eigenvalue weighted by atomic mass is 10.2. The van der Waals surface area contributed by atoms with Crippen LogP contribution >= 0.6 is 23.2 Å². The minimum Gasteiger partial charge on any atom is -0.493 e. The Morgan fingerprint density at radius 2 is 1.91 bits per heavy atom. The number of anilines is 1. The molecule has 2 aromatic carbocycles. The van der Waals surface area contributed by atoms with E-state index in [1.54, 1.807) is 25.3 Å². The predicted molar refractivity (Wildman–Crippen MR) is 92.5 cm³/mol. The third-order valence-electron chi connectivity index (χ3n) is 3.00. The second-order valence-corrected chi connectivity index (χ2v) is 5.38. The number of nitrogens with one attached hydrogen (secondary N) is 1. The Kier molecular flexibility index (Phi) is 5.99. The van der Waals surface area contributed by atoms with E-state index >= 15 is 0 Å². The third-order valence-corrected chi connectivity index (χ3v) is 3.74. The van der Waals surface area contributed by atoms with Gasteiger partial charge in [0, 0.05) is 12.2 Å². The molecule has 3 nitrogen and oxygen atoms in total. The lowest BCUT2D eigenvalue weighted by molar-refractivity contribution is 0.326. The molecule has 0 radical (unpaired) electrons. The molecule has 0 atom stereocenters. The SMILES string of the molecule is C=CCOc1ccc(CNc2ccc(Cl)c(Cl)c2)cc1OC. The highest BCUT2D eigenvalue weighted by Gasteiger charge is 2.06. The number of hydrogen-bond donors (Lipinski definition) is 1. The van der Waals surface area contributed by atoms with Gasteiger partial charge in [-0.1, -0.05) is 41.9 Å². The summed E-state index contributed by atoms with van der Waals surface area (Å²) in [6.07, 6.45) is 1.69. The van der Waals surface area contributed by atoms with E-state index in [9.17, 15) is 0 Å². The van der Waals surface area contributed by atoms with Crippen molar-refractivity contribution in [2.45, 2.75) is 6.54 Å². The monoisotopic (exact) mass is 337 g/mol. The standard InChI is InChI=1S/C17H17Cl2NO2/c1-3-8-22-16-7-4-12(9-17(16)21-2)11-20-13-5-6-14(18)15(19)10-13/h3-7,9-10,20H,1,8,11H2,2H3. The molecule has 22 heavy (non-hydrogen) atoms. The molecular weight excluding hydrogens is 321 g/mol. The van der Waals surface area contributed by atoms with Crippen LogP contribution in [0.3, 0.4) is 0 Å². The highest BCUT2D eigenvalue weighted by Crippen LogP contribution is 2.29. The first-order valence-corrected chi connectivity index (χ1v) is 7.49. The second kappa shape index (κ2) is 7.97. The van der Waals surface area contributed by atoms with Crippen LogP contribution in [0, 0.1) is 0 Å². The van der Waals surface area contributed by atoms with Gasteiger partial charge in [-0.25, -0.2) is 0 Å². The van der Waals surface area contributed by atoms with Crippen molar-refractivity contribution in [1.29, 1.82) is 0 Å². The van der Waals surface area contributed by atoms with Crippen LogP contribution in [0.4, 0.5) is 5.69 Å². The highest BCUT2D eigenvalue weighted by molar-refractivity contribution is 6.42. The van der Waals surface area contributed by atoms with Crippen molar-refractivity contribution in [3.63, 3.8) is 0 Å². The second-order valence-electron chi connectivity index (χ2n) is 4.57. The highest BCUT2D eigenvalue weighted by atomic mass is 35.5. The van der Waals surface area contributed by atoms with Gasteiger partial charge in [-0.3, -0.25) is 0 Å². The molecule has 0 spiro atoms. The van der Waals surface area contributed by atoms with E-state index in [2.05, 4.69) is 11.9 Å². The van der Waals surface area contributed by atoms with Crippen molar-refractivity contribution in [2.75, 3.05) is 19.0 Å². The van der Waals surface area contributed by atoms with Crippen LogP contribution in [-0.4, -0.2) is 13.7 Å². The van der Waals surface area contributed by atoms with Gasteiger partial charge in [-0.05, 0) is 35.9 Å². The third kappa shape index (κ3) is 4.33. The quantitative estimate of drug-likeness (QED) is 0.706. The van der Waals surface area contributed by atoms with Crippen molar-refractivity contribution in [2.24, 2.45) is 0 Å². The summed E-state index contributed by atoms with van der Waals surface area (Å²) in [5, 5.41) is 4.35. The van der Waals surface area contributed by atoms with Gasteiger partial charge in [0.25, 0.3) is 0 Å². The molecule has 2 aromatic rings. The molecule has 116 valence electrons. The van der Waals surface area contributed by atoms with Gasteiger partial charge in [0.2, 0.25) is 0 Å². The van der Waals surface area contributed by atoms with Crippen LogP contribution in [0.15, 0.2) is 49.1 Å². The Balaban J connectivity index is 2.06. The Morgan fingerprint density at radius 3 is 2.59 bits per heavy atom. The lowest BCUT2D eigenvalue weighted by Gasteiger charge is -2.12. The van der Waals surface area contributed by atoms with Crippen molar-refractivity contribution in [3.8, 4) is 11.5 Å². The summed E-state index contributed by atoms with van der Waals surface area (Å²) in [7, 11) is 1.62. The maximum Gasteiger partial charge on any atom is 0.161 e. The number of halogens is 2. The van der Waals surface area contributed by atoms with Gasteiger partial charge in [0.15, 0.2) is 11.5 Å². The summed E-state index contributed by atoms with van der Waals surface area (Å²) < 4.78 is 10.9. The van der Waals surface area contributed by atoms with Gasteiger partial charge >= 0.3 is 0 Å². The molecule has 0 unspecified atom stereocenters. The summed E-state index contributed by atoms with van der Waals surface area (Å²) in [6, 6.07) is 11.2. The van der Waals surface area contributed by atoms with Gasteiger partial charge in [0.05, 0.1) is 17.2 Å². The van der Waals surface area contributed by atoms with Crippen LogP contribution in [0.2, 0.25) is 10.0 Å². The average molecular weight is 338 g/mol. The zero-order valence-corrected chi connectivity index (χ0v) is 13.7. The number of hydrogen-bond acceptors (Lipinski definition) is 3. The van der Waals surface area contributed by atoms with Crippen LogP contribution in [0.5, 0.6) is 11.5 Å². The van der Waals surface area contributed by atoms with Crippen molar-refractivity contribution < 1.29 is 9.47 Å². The first-order valence-electron chi connectivity index (χ1n) is 6.73. The number of ether oxygens (including phenoxy) is 2. The molecule has 5 heteroatoms. The first-order chi connectivity index (χ1) is 10.6. The van der Waals surface area contributed by atoms with Gasteiger partial charge in [0.1, 0.15) is 6.61 Å². The molecule has 0 amide bonds.